The molecule has 1 aromatic carbocycles. The first-order valence-corrected chi connectivity index (χ1v) is 10.9. The van der Waals surface area contributed by atoms with Crippen LogP contribution in [-0.2, 0) is 20.6 Å². The third-order valence-corrected chi connectivity index (χ3v) is 5.74. The predicted molar refractivity (Wildman–Crippen MR) is 101 cm³/mol. The Hall–Kier alpha value is -2.00. The molecule has 9 heteroatoms. The molecule has 0 aliphatic carbocycles. The highest BCUT2D eigenvalue weighted by Gasteiger charge is 2.29. The zero-order valence-electron chi connectivity index (χ0n) is 14.5. The second-order valence-corrected chi connectivity index (χ2v) is 8.60. The topological polar surface area (TPSA) is 79.6 Å². The molecule has 0 unspecified atom stereocenters. The lowest BCUT2D eigenvalue weighted by molar-refractivity contribution is -0.121. The number of amides is 1. The number of furan rings is 1. The third kappa shape index (κ3) is 5.77. The van der Waals surface area contributed by atoms with E-state index >= 15 is 0 Å². The molecule has 142 valence electrons. The molecule has 1 amide bonds. The SMILES string of the molecule is C[C@@H](C(=O)NCCSCc1ccco1)N(c1cccc(F)c1)S(C)(=O)=O. The molecule has 1 N–H and O–H groups in total. The number of nitrogens with zero attached hydrogens (tertiary/aromatic N) is 1. The van der Waals surface area contributed by atoms with Crippen molar-refractivity contribution in [2.24, 2.45) is 0 Å². The fraction of sp³-hybridized carbons (Fsp3) is 0.353. The molecule has 0 radical (unpaired) electrons. The maximum absolute atomic E-state index is 13.5. The van der Waals surface area contributed by atoms with E-state index in [4.69, 9.17) is 4.42 Å². The van der Waals surface area contributed by atoms with Crippen LogP contribution in [-0.4, -0.2) is 38.9 Å². The zero-order valence-corrected chi connectivity index (χ0v) is 16.1. The van der Waals surface area contributed by atoms with Crippen LogP contribution in [0.15, 0.2) is 47.1 Å². The minimum absolute atomic E-state index is 0.113. The van der Waals surface area contributed by atoms with Crippen LogP contribution in [0.1, 0.15) is 12.7 Å². The largest absolute Gasteiger partial charge is 0.468 e. The van der Waals surface area contributed by atoms with Gasteiger partial charge in [-0.15, -0.1) is 0 Å². The van der Waals surface area contributed by atoms with Crippen molar-refractivity contribution in [1.82, 2.24) is 5.32 Å². The van der Waals surface area contributed by atoms with E-state index in [-0.39, 0.29) is 5.69 Å². The molecule has 0 fully saturated rings. The van der Waals surface area contributed by atoms with Gasteiger partial charge in [-0.2, -0.15) is 11.8 Å². The van der Waals surface area contributed by atoms with E-state index in [1.165, 1.54) is 25.1 Å². The molecule has 1 atom stereocenters. The van der Waals surface area contributed by atoms with Gasteiger partial charge in [0.05, 0.1) is 24.0 Å². The van der Waals surface area contributed by atoms with Gasteiger partial charge in [0, 0.05) is 12.3 Å². The molecule has 2 aromatic rings. The highest BCUT2D eigenvalue weighted by Crippen LogP contribution is 2.21. The molecule has 2 rings (SSSR count). The Balaban J connectivity index is 1.92. The molecule has 1 aromatic heterocycles. The Labute approximate surface area is 156 Å². The number of anilines is 1. The van der Waals surface area contributed by atoms with Crippen molar-refractivity contribution in [2.75, 3.05) is 22.9 Å². The quantitative estimate of drug-likeness (QED) is 0.655. The summed E-state index contributed by atoms with van der Waals surface area (Å²) in [4.78, 5) is 12.3. The Bertz CT molecular complexity index is 825. The molecule has 26 heavy (non-hydrogen) atoms. The van der Waals surface area contributed by atoms with Crippen LogP contribution in [0.3, 0.4) is 0 Å². The summed E-state index contributed by atoms with van der Waals surface area (Å²) in [6.07, 6.45) is 2.59. The van der Waals surface area contributed by atoms with Crippen LogP contribution in [0.4, 0.5) is 10.1 Å². The normalized spacial score (nSPS) is 12.6. The second kappa shape index (κ2) is 9.09. The molecular weight excluding hydrogens is 379 g/mol. The van der Waals surface area contributed by atoms with Crippen molar-refractivity contribution in [3.05, 3.63) is 54.2 Å². The monoisotopic (exact) mass is 400 g/mol. The number of thioether (sulfide) groups is 1. The van der Waals surface area contributed by atoms with Crippen molar-refractivity contribution in [3.63, 3.8) is 0 Å². The van der Waals surface area contributed by atoms with E-state index in [0.717, 1.165) is 22.4 Å². The molecule has 6 nitrogen and oxygen atoms in total. The Morgan fingerprint density at radius 2 is 2.12 bits per heavy atom. The maximum Gasteiger partial charge on any atom is 0.243 e. The van der Waals surface area contributed by atoms with Crippen molar-refractivity contribution < 1.29 is 22.0 Å². The summed E-state index contributed by atoms with van der Waals surface area (Å²) < 4.78 is 43.8. The van der Waals surface area contributed by atoms with Crippen LogP contribution < -0.4 is 9.62 Å². The van der Waals surface area contributed by atoms with Gasteiger partial charge >= 0.3 is 0 Å². The summed E-state index contributed by atoms with van der Waals surface area (Å²) in [5.41, 5.74) is 0.113. The highest BCUT2D eigenvalue weighted by atomic mass is 32.2. The number of carbonyl (C=O) groups excluding carboxylic acids is 1. The van der Waals surface area contributed by atoms with E-state index < -0.39 is 27.8 Å². The van der Waals surface area contributed by atoms with Crippen molar-refractivity contribution >= 4 is 33.4 Å². The highest BCUT2D eigenvalue weighted by molar-refractivity contribution is 7.98. The summed E-state index contributed by atoms with van der Waals surface area (Å²) in [6, 6.07) is 7.84. The molecule has 0 aliphatic heterocycles. The van der Waals surface area contributed by atoms with Gasteiger partial charge in [-0.05, 0) is 37.3 Å². The van der Waals surface area contributed by atoms with Gasteiger partial charge in [0.25, 0.3) is 0 Å². The second-order valence-electron chi connectivity index (χ2n) is 5.64. The molecule has 0 saturated carbocycles. The summed E-state index contributed by atoms with van der Waals surface area (Å²) in [5, 5.41) is 2.71. The lowest BCUT2D eigenvalue weighted by Crippen LogP contribution is -2.48. The van der Waals surface area contributed by atoms with Crippen LogP contribution in [0.5, 0.6) is 0 Å². The Morgan fingerprint density at radius 3 is 2.73 bits per heavy atom. The average Bonchev–Trinajstić information content (AvgIpc) is 3.06. The Kier molecular flexibility index (Phi) is 7.10. The minimum Gasteiger partial charge on any atom is -0.468 e. The summed E-state index contributed by atoms with van der Waals surface area (Å²) in [6.45, 7) is 1.85. The molecule has 0 aliphatic rings. The van der Waals surface area contributed by atoms with Gasteiger partial charge in [0.2, 0.25) is 15.9 Å². The van der Waals surface area contributed by atoms with E-state index in [0.29, 0.717) is 18.1 Å². The number of carbonyl (C=O) groups is 1. The fourth-order valence-corrected chi connectivity index (χ4v) is 4.31. The van der Waals surface area contributed by atoms with Crippen LogP contribution in [0, 0.1) is 5.82 Å². The minimum atomic E-state index is -3.76. The zero-order chi connectivity index (χ0) is 19.2. The Morgan fingerprint density at radius 1 is 1.35 bits per heavy atom. The maximum atomic E-state index is 13.5. The number of halogens is 1. The first kappa shape index (κ1) is 20.3. The van der Waals surface area contributed by atoms with Gasteiger partial charge in [0.15, 0.2) is 0 Å². The van der Waals surface area contributed by atoms with E-state index in [9.17, 15) is 17.6 Å². The molecule has 0 bridgehead atoms. The lowest BCUT2D eigenvalue weighted by atomic mass is 10.2. The first-order chi connectivity index (χ1) is 12.3. The van der Waals surface area contributed by atoms with Crippen LogP contribution >= 0.6 is 11.8 Å². The number of hydrogen-bond acceptors (Lipinski definition) is 5. The van der Waals surface area contributed by atoms with E-state index in [1.807, 2.05) is 12.1 Å². The first-order valence-electron chi connectivity index (χ1n) is 7.92. The van der Waals surface area contributed by atoms with Gasteiger partial charge in [-0.1, -0.05) is 6.07 Å². The summed E-state index contributed by atoms with van der Waals surface area (Å²) in [5.74, 6) is 1.18. The summed E-state index contributed by atoms with van der Waals surface area (Å²) >= 11 is 1.59. The van der Waals surface area contributed by atoms with E-state index in [2.05, 4.69) is 5.32 Å². The number of nitrogens with one attached hydrogen (secondary N) is 1. The molecular formula is C17H21FN2O4S2. The average molecular weight is 400 g/mol. The number of sulfonamides is 1. The fourth-order valence-electron chi connectivity index (χ4n) is 2.38. The van der Waals surface area contributed by atoms with Crippen LogP contribution in [0.2, 0.25) is 0 Å². The number of benzene rings is 1. The van der Waals surface area contributed by atoms with Gasteiger partial charge in [-0.25, -0.2) is 12.8 Å². The van der Waals surface area contributed by atoms with Crippen molar-refractivity contribution in [3.8, 4) is 0 Å². The van der Waals surface area contributed by atoms with Gasteiger partial charge in [0.1, 0.15) is 17.6 Å². The predicted octanol–water partition coefficient (Wildman–Crippen LogP) is 2.62. The molecule has 0 saturated heterocycles. The van der Waals surface area contributed by atoms with Crippen LogP contribution in [0.25, 0.3) is 0 Å². The van der Waals surface area contributed by atoms with Gasteiger partial charge in [-0.3, -0.25) is 9.10 Å². The third-order valence-electron chi connectivity index (χ3n) is 3.52. The lowest BCUT2D eigenvalue weighted by Gasteiger charge is -2.28. The molecule has 0 spiro atoms. The summed E-state index contributed by atoms with van der Waals surface area (Å²) in [7, 11) is -3.76. The van der Waals surface area contributed by atoms with E-state index in [1.54, 1.807) is 18.0 Å². The number of rotatable bonds is 9. The standard InChI is InChI=1S/C17H21FN2O4S2/c1-13(17(21)19-8-10-25-12-16-7-4-9-24-16)20(26(2,22)23)15-6-3-5-14(18)11-15/h3-7,9,11,13H,8,10,12H2,1-2H3,(H,19,21)/t13-/m0/s1. The smallest absolute Gasteiger partial charge is 0.243 e. The van der Waals surface area contributed by atoms with Crippen molar-refractivity contribution in [2.45, 2.75) is 18.7 Å². The van der Waals surface area contributed by atoms with Crippen molar-refractivity contribution in [1.29, 1.82) is 0 Å². The number of hydrogen-bond donors (Lipinski definition) is 1. The molecule has 1 heterocycles. The van der Waals surface area contributed by atoms with Gasteiger partial charge < -0.3 is 9.73 Å².